The van der Waals surface area contributed by atoms with Gasteiger partial charge in [-0.1, -0.05) is 0 Å². The topological polar surface area (TPSA) is 86.1 Å². The van der Waals surface area contributed by atoms with Gasteiger partial charge in [-0.05, 0) is 50.0 Å². The fraction of sp³-hybridized carbons (Fsp3) is 0.550. The van der Waals surface area contributed by atoms with Crippen LogP contribution in [0.2, 0.25) is 0 Å². The van der Waals surface area contributed by atoms with Gasteiger partial charge in [0.15, 0.2) is 11.5 Å². The number of likely N-dealkylation sites (tertiary alicyclic amines) is 1. The number of carbonyl (C=O) groups excluding carboxylic acids is 1. The number of rotatable bonds is 4. The molecule has 2 amide bonds. The minimum Gasteiger partial charge on any atom is -0.493 e. The normalized spacial score (nSPS) is 21.8. The lowest BCUT2D eigenvalue weighted by molar-refractivity contribution is -0.0635. The molecule has 7 nitrogen and oxygen atoms in total. The molecule has 0 unspecified atom stereocenters. The van der Waals surface area contributed by atoms with E-state index in [0.29, 0.717) is 25.9 Å². The highest BCUT2D eigenvalue weighted by Crippen LogP contribution is 2.38. The molecular weight excluding hydrogens is 346 g/mol. The quantitative estimate of drug-likeness (QED) is 0.848. The molecule has 1 spiro atoms. The van der Waals surface area contributed by atoms with Gasteiger partial charge in [-0.2, -0.15) is 0 Å². The minimum absolute atomic E-state index is 0.264. The van der Waals surface area contributed by atoms with E-state index < -0.39 is 5.60 Å². The summed E-state index contributed by atoms with van der Waals surface area (Å²) in [5.74, 6) is 1.52. The number of primary amides is 1. The van der Waals surface area contributed by atoms with Crippen molar-refractivity contribution in [1.29, 1.82) is 0 Å². The minimum atomic E-state index is -0.395. The first kappa shape index (κ1) is 18.0. The van der Waals surface area contributed by atoms with Crippen molar-refractivity contribution < 1.29 is 19.1 Å². The van der Waals surface area contributed by atoms with Gasteiger partial charge in [0.2, 0.25) is 0 Å². The molecule has 2 fully saturated rings. The van der Waals surface area contributed by atoms with Crippen molar-refractivity contribution in [3.63, 3.8) is 0 Å². The number of carbonyl (C=O) groups is 1. The monoisotopic (exact) mass is 373 g/mol. The van der Waals surface area contributed by atoms with E-state index in [9.17, 15) is 4.79 Å². The Bertz CT molecular complexity index is 735. The van der Waals surface area contributed by atoms with Crippen LogP contribution in [0, 0.1) is 0 Å². The fourth-order valence-corrected chi connectivity index (χ4v) is 4.09. The summed E-state index contributed by atoms with van der Waals surface area (Å²) in [6, 6.07) is 5.57. The van der Waals surface area contributed by atoms with Crippen LogP contribution < -0.4 is 20.7 Å². The summed E-state index contributed by atoms with van der Waals surface area (Å²) in [7, 11) is 1.66. The number of hydrogen-bond acceptors (Lipinski definition) is 5. The lowest BCUT2D eigenvalue weighted by atomic mass is 9.90. The number of hydrogen-bond donors (Lipinski definition) is 2. The van der Waals surface area contributed by atoms with Crippen LogP contribution in [0.15, 0.2) is 24.3 Å². The third-order valence-corrected chi connectivity index (χ3v) is 5.76. The van der Waals surface area contributed by atoms with E-state index in [1.54, 1.807) is 12.0 Å². The number of nitrogens with one attached hydrogen (secondary N) is 1. The fourth-order valence-electron chi connectivity index (χ4n) is 4.09. The second kappa shape index (κ2) is 7.31. The molecule has 1 aromatic carbocycles. The summed E-state index contributed by atoms with van der Waals surface area (Å²) in [5, 5.41) is 0. The molecule has 27 heavy (non-hydrogen) atoms. The summed E-state index contributed by atoms with van der Waals surface area (Å²) < 4.78 is 11.7. The summed E-state index contributed by atoms with van der Waals surface area (Å²) in [6.45, 7) is 1.19. The van der Waals surface area contributed by atoms with Crippen molar-refractivity contribution in [2.75, 3.05) is 20.2 Å². The highest BCUT2D eigenvalue weighted by molar-refractivity contribution is 5.72. The number of nitrogens with zero attached hydrogens (tertiary/aromatic N) is 1. The molecule has 3 aliphatic rings. The molecule has 1 saturated carbocycles. The van der Waals surface area contributed by atoms with E-state index in [-0.39, 0.29) is 12.1 Å². The average molecular weight is 373 g/mol. The van der Waals surface area contributed by atoms with E-state index in [2.05, 4.69) is 11.6 Å². The molecule has 2 heterocycles. The van der Waals surface area contributed by atoms with Crippen molar-refractivity contribution in [3.05, 3.63) is 29.8 Å². The maximum atomic E-state index is 11.3. The molecule has 0 radical (unpaired) electrons. The van der Waals surface area contributed by atoms with E-state index in [4.69, 9.17) is 20.0 Å². The van der Waals surface area contributed by atoms with Crippen LogP contribution in [-0.4, -0.2) is 42.8 Å². The van der Waals surface area contributed by atoms with Gasteiger partial charge in [-0.15, -0.1) is 0 Å². The Morgan fingerprint density at radius 3 is 2.67 bits per heavy atom. The summed E-state index contributed by atoms with van der Waals surface area (Å²) in [5.41, 5.74) is 9.96. The standard InChI is InChI=1S/C20H27N3O4/c1-25-17-7-6-14(12-18(17)26-15-4-2-3-5-15)16-13-20(27-22-16)8-10-23(11-9-20)19(21)24/h6-7,12-13,15,22H,2-5,8-11H2,1H3,(H2,21,24). The molecule has 2 aliphatic heterocycles. The number of methoxy groups -OCH3 is 1. The van der Waals surface area contributed by atoms with E-state index in [1.807, 2.05) is 18.2 Å². The van der Waals surface area contributed by atoms with Gasteiger partial charge in [-0.25, -0.2) is 4.79 Å². The van der Waals surface area contributed by atoms with E-state index >= 15 is 0 Å². The van der Waals surface area contributed by atoms with Crippen molar-refractivity contribution >= 4 is 11.7 Å². The zero-order valence-electron chi connectivity index (χ0n) is 15.7. The first-order valence-corrected chi connectivity index (χ1v) is 9.65. The van der Waals surface area contributed by atoms with Gasteiger partial charge in [0.1, 0.15) is 5.60 Å². The van der Waals surface area contributed by atoms with Gasteiger partial charge >= 0.3 is 6.03 Å². The molecule has 1 aliphatic carbocycles. The molecule has 1 aromatic rings. The van der Waals surface area contributed by atoms with E-state index in [1.165, 1.54) is 12.8 Å². The highest BCUT2D eigenvalue weighted by Gasteiger charge is 2.39. The van der Waals surface area contributed by atoms with Crippen LogP contribution in [0.4, 0.5) is 4.79 Å². The number of ether oxygens (including phenoxy) is 2. The molecule has 1 saturated heterocycles. The van der Waals surface area contributed by atoms with Crippen molar-refractivity contribution in [3.8, 4) is 11.5 Å². The molecule has 7 heteroatoms. The van der Waals surface area contributed by atoms with Gasteiger partial charge in [0.25, 0.3) is 0 Å². The third kappa shape index (κ3) is 3.69. The van der Waals surface area contributed by atoms with Crippen molar-refractivity contribution in [2.45, 2.75) is 50.2 Å². The number of hydroxylamine groups is 1. The van der Waals surface area contributed by atoms with Crippen LogP contribution in [-0.2, 0) is 4.84 Å². The summed E-state index contributed by atoms with van der Waals surface area (Å²) >= 11 is 0. The molecule has 0 aromatic heterocycles. The van der Waals surface area contributed by atoms with Crippen LogP contribution in [0.25, 0.3) is 5.70 Å². The number of piperidine rings is 1. The number of benzene rings is 1. The van der Waals surface area contributed by atoms with Crippen LogP contribution in [0.3, 0.4) is 0 Å². The Morgan fingerprint density at radius 2 is 2.00 bits per heavy atom. The zero-order valence-corrected chi connectivity index (χ0v) is 15.7. The van der Waals surface area contributed by atoms with E-state index in [0.717, 1.165) is 35.6 Å². The average Bonchev–Trinajstić information content (AvgIpc) is 3.33. The predicted molar refractivity (Wildman–Crippen MR) is 101 cm³/mol. The lowest BCUT2D eigenvalue weighted by Crippen LogP contribution is -2.48. The molecule has 4 rings (SSSR count). The van der Waals surface area contributed by atoms with Crippen molar-refractivity contribution in [1.82, 2.24) is 10.4 Å². The maximum Gasteiger partial charge on any atom is 0.314 e. The molecule has 0 bridgehead atoms. The Morgan fingerprint density at radius 1 is 1.26 bits per heavy atom. The lowest BCUT2D eigenvalue weighted by Gasteiger charge is -2.35. The first-order valence-electron chi connectivity index (χ1n) is 9.65. The Labute approximate surface area is 159 Å². The SMILES string of the molecule is COc1ccc(C2=CC3(CCN(C(N)=O)CC3)ON2)cc1OC1CCCC1. The molecule has 0 atom stereocenters. The number of urea groups is 1. The highest BCUT2D eigenvalue weighted by atomic mass is 16.7. The zero-order chi connectivity index (χ0) is 18.9. The maximum absolute atomic E-state index is 11.3. The summed E-state index contributed by atoms with van der Waals surface area (Å²) in [6.07, 6.45) is 8.44. The molecular formula is C20H27N3O4. The van der Waals surface area contributed by atoms with Crippen LogP contribution in [0.1, 0.15) is 44.1 Å². The molecule has 3 N–H and O–H groups in total. The Balaban J connectivity index is 1.52. The smallest absolute Gasteiger partial charge is 0.314 e. The first-order chi connectivity index (χ1) is 13.1. The second-order valence-electron chi connectivity index (χ2n) is 7.54. The Hall–Kier alpha value is -2.41. The van der Waals surface area contributed by atoms with Gasteiger partial charge in [0.05, 0.1) is 18.9 Å². The van der Waals surface area contributed by atoms with Gasteiger partial charge in [0, 0.05) is 31.5 Å². The largest absolute Gasteiger partial charge is 0.493 e. The van der Waals surface area contributed by atoms with Gasteiger partial charge in [-0.3, -0.25) is 10.3 Å². The van der Waals surface area contributed by atoms with Crippen LogP contribution in [0.5, 0.6) is 11.5 Å². The van der Waals surface area contributed by atoms with Crippen molar-refractivity contribution in [2.24, 2.45) is 5.73 Å². The second-order valence-corrected chi connectivity index (χ2v) is 7.54. The van der Waals surface area contributed by atoms with Crippen LogP contribution >= 0.6 is 0 Å². The number of nitrogens with two attached hydrogens (primary N) is 1. The third-order valence-electron chi connectivity index (χ3n) is 5.76. The summed E-state index contributed by atoms with van der Waals surface area (Å²) in [4.78, 5) is 18.9. The Kier molecular flexibility index (Phi) is 4.86. The number of amides is 2. The molecule has 146 valence electrons. The van der Waals surface area contributed by atoms with Gasteiger partial charge < -0.3 is 20.1 Å². The predicted octanol–water partition coefficient (Wildman–Crippen LogP) is 2.81.